The maximum absolute atomic E-state index is 12.5. The molecule has 33 heavy (non-hydrogen) atoms. The van der Waals surface area contributed by atoms with Crippen LogP contribution in [0.15, 0.2) is 23.6 Å². The van der Waals surface area contributed by atoms with Crippen molar-refractivity contribution in [1.82, 2.24) is 25.1 Å². The molecule has 1 unspecified atom stereocenters. The van der Waals surface area contributed by atoms with Gasteiger partial charge < -0.3 is 15.5 Å². The average Bonchev–Trinajstić information content (AvgIpc) is 3.52. The first-order valence-electron chi connectivity index (χ1n) is 11.9. The van der Waals surface area contributed by atoms with Gasteiger partial charge in [-0.25, -0.2) is 9.97 Å². The normalized spacial score (nSPS) is 19.5. The van der Waals surface area contributed by atoms with E-state index < -0.39 is 0 Å². The van der Waals surface area contributed by atoms with E-state index in [9.17, 15) is 4.79 Å². The zero-order chi connectivity index (χ0) is 23.0. The lowest BCUT2D eigenvalue weighted by Crippen LogP contribution is -2.37. The van der Waals surface area contributed by atoms with Gasteiger partial charge in [0.2, 0.25) is 0 Å². The van der Waals surface area contributed by atoms with Crippen molar-refractivity contribution in [2.75, 3.05) is 45.1 Å². The van der Waals surface area contributed by atoms with E-state index >= 15 is 0 Å². The number of rotatable bonds is 9. The van der Waals surface area contributed by atoms with Gasteiger partial charge >= 0.3 is 0 Å². The van der Waals surface area contributed by atoms with Gasteiger partial charge in [0.1, 0.15) is 11.5 Å². The molecule has 1 amide bonds. The summed E-state index contributed by atoms with van der Waals surface area (Å²) in [7, 11) is 2.14. The fourth-order valence-electron chi connectivity index (χ4n) is 4.80. The predicted molar refractivity (Wildman–Crippen MR) is 131 cm³/mol. The van der Waals surface area contributed by atoms with E-state index in [2.05, 4.69) is 44.6 Å². The van der Waals surface area contributed by atoms with Crippen molar-refractivity contribution < 1.29 is 4.79 Å². The lowest BCUT2D eigenvalue weighted by atomic mass is 9.94. The summed E-state index contributed by atoms with van der Waals surface area (Å²) in [6, 6.07) is 8.87. The number of hydrogen-bond donors (Lipinski definition) is 2. The second-order valence-corrected chi connectivity index (χ2v) is 9.88. The molecule has 2 aliphatic rings. The quantitative estimate of drug-likeness (QED) is 0.544. The third kappa shape index (κ3) is 6.50. The van der Waals surface area contributed by atoms with Crippen LogP contribution in [-0.4, -0.2) is 71.5 Å². The van der Waals surface area contributed by atoms with Crippen molar-refractivity contribution in [3.05, 3.63) is 35.0 Å². The molecule has 176 valence electrons. The third-order valence-corrected chi connectivity index (χ3v) is 7.42. The standard InChI is InChI=1S/C24H33N7OS/c1-30(19-7-2-3-8-19)15-12-26-23(32)21-17-33-24(28-21)29-22-10-4-9-20(27-22)18-6-5-13-31(16-18)14-11-25/h4,9-10,17-19H,2-3,5-8,12-16H2,1H3,(H,26,32)(H,27,28,29). The number of thiazole rings is 1. The molecule has 2 N–H and O–H groups in total. The van der Waals surface area contributed by atoms with Crippen molar-refractivity contribution in [3.8, 4) is 6.07 Å². The van der Waals surface area contributed by atoms with Gasteiger partial charge in [0, 0.05) is 42.7 Å². The van der Waals surface area contributed by atoms with Gasteiger partial charge in [-0.2, -0.15) is 5.26 Å². The summed E-state index contributed by atoms with van der Waals surface area (Å²) in [5.41, 5.74) is 1.46. The number of hydrogen-bond acceptors (Lipinski definition) is 8. The molecule has 4 rings (SSSR count). The maximum atomic E-state index is 12.5. The molecule has 9 heteroatoms. The van der Waals surface area contributed by atoms with Crippen LogP contribution < -0.4 is 10.6 Å². The van der Waals surface area contributed by atoms with Gasteiger partial charge in [-0.05, 0) is 51.4 Å². The van der Waals surface area contributed by atoms with Crippen molar-refractivity contribution in [3.63, 3.8) is 0 Å². The van der Waals surface area contributed by atoms with Gasteiger partial charge in [-0.1, -0.05) is 18.9 Å². The van der Waals surface area contributed by atoms with Gasteiger partial charge in [0.15, 0.2) is 5.13 Å². The highest BCUT2D eigenvalue weighted by Gasteiger charge is 2.22. The molecule has 1 atom stereocenters. The molecule has 0 aromatic carbocycles. The minimum atomic E-state index is -0.138. The lowest BCUT2D eigenvalue weighted by Gasteiger charge is -2.30. The third-order valence-electron chi connectivity index (χ3n) is 6.66. The summed E-state index contributed by atoms with van der Waals surface area (Å²) in [4.78, 5) is 26.3. The van der Waals surface area contributed by atoms with Crippen LogP contribution in [0.1, 0.15) is 60.6 Å². The predicted octanol–water partition coefficient (Wildman–Crippen LogP) is 3.59. The Hall–Kier alpha value is -2.54. The number of nitriles is 1. The Bertz CT molecular complexity index is 966. The number of carbonyl (C=O) groups excluding carboxylic acids is 1. The van der Waals surface area contributed by atoms with E-state index in [1.807, 2.05) is 12.1 Å². The first-order chi connectivity index (χ1) is 16.1. The Morgan fingerprint density at radius 1 is 1.27 bits per heavy atom. The molecule has 2 fully saturated rings. The molecular weight excluding hydrogens is 434 g/mol. The number of anilines is 2. The molecule has 2 aromatic heterocycles. The highest BCUT2D eigenvalue weighted by atomic mass is 32.1. The number of likely N-dealkylation sites (N-methyl/N-ethyl adjacent to an activating group) is 1. The maximum Gasteiger partial charge on any atom is 0.270 e. The summed E-state index contributed by atoms with van der Waals surface area (Å²) in [6.07, 6.45) is 7.31. The van der Waals surface area contributed by atoms with E-state index in [1.54, 1.807) is 5.38 Å². The number of piperidine rings is 1. The Morgan fingerprint density at radius 2 is 2.12 bits per heavy atom. The van der Waals surface area contributed by atoms with Crippen molar-refractivity contribution in [2.24, 2.45) is 0 Å². The van der Waals surface area contributed by atoms with Gasteiger partial charge in [0.05, 0.1) is 12.6 Å². The number of likely N-dealkylation sites (tertiary alicyclic amines) is 1. The number of nitrogens with zero attached hydrogens (tertiary/aromatic N) is 5. The highest BCUT2D eigenvalue weighted by molar-refractivity contribution is 7.14. The highest BCUT2D eigenvalue weighted by Crippen LogP contribution is 2.27. The zero-order valence-electron chi connectivity index (χ0n) is 19.3. The molecule has 1 aliphatic carbocycles. The first-order valence-corrected chi connectivity index (χ1v) is 12.8. The number of aromatic nitrogens is 2. The lowest BCUT2D eigenvalue weighted by molar-refractivity contribution is 0.0943. The fraction of sp³-hybridized carbons (Fsp3) is 0.583. The van der Waals surface area contributed by atoms with Crippen molar-refractivity contribution >= 4 is 28.2 Å². The van der Waals surface area contributed by atoms with Crippen LogP contribution in [0.4, 0.5) is 10.9 Å². The monoisotopic (exact) mass is 467 g/mol. The topological polar surface area (TPSA) is 97.2 Å². The number of amides is 1. The average molecular weight is 468 g/mol. The Kier molecular flexibility index (Phi) is 8.26. The number of pyridine rings is 1. The largest absolute Gasteiger partial charge is 0.349 e. The summed E-state index contributed by atoms with van der Waals surface area (Å²) in [5, 5.41) is 17.7. The van der Waals surface area contributed by atoms with Gasteiger partial charge in [0.25, 0.3) is 5.91 Å². The minimum absolute atomic E-state index is 0.138. The number of carbonyl (C=O) groups is 1. The molecule has 2 aromatic rings. The van der Waals surface area contributed by atoms with E-state index in [0.717, 1.165) is 44.0 Å². The Balaban J connectivity index is 1.29. The van der Waals surface area contributed by atoms with Crippen LogP contribution in [0.5, 0.6) is 0 Å². The smallest absolute Gasteiger partial charge is 0.270 e. The van der Waals surface area contributed by atoms with E-state index in [4.69, 9.17) is 10.2 Å². The molecular formula is C24H33N7OS. The van der Waals surface area contributed by atoms with E-state index in [1.165, 1.54) is 37.0 Å². The molecule has 0 radical (unpaired) electrons. The Labute approximate surface area is 200 Å². The van der Waals surface area contributed by atoms with Crippen LogP contribution in [0, 0.1) is 11.3 Å². The van der Waals surface area contributed by atoms with Crippen LogP contribution in [-0.2, 0) is 0 Å². The van der Waals surface area contributed by atoms with E-state index in [-0.39, 0.29) is 5.91 Å². The molecule has 1 saturated heterocycles. The van der Waals surface area contributed by atoms with Crippen molar-refractivity contribution in [1.29, 1.82) is 5.26 Å². The van der Waals surface area contributed by atoms with E-state index in [0.29, 0.717) is 35.9 Å². The summed E-state index contributed by atoms with van der Waals surface area (Å²) in [6.45, 7) is 3.79. The second kappa shape index (κ2) is 11.5. The SMILES string of the molecule is CN(CCNC(=O)c1csc(Nc2cccc(C3CCCN(CC#N)C3)n2)n1)C1CCCC1. The summed E-state index contributed by atoms with van der Waals surface area (Å²) >= 11 is 1.40. The van der Waals surface area contributed by atoms with Crippen LogP contribution in [0.2, 0.25) is 0 Å². The minimum Gasteiger partial charge on any atom is -0.349 e. The second-order valence-electron chi connectivity index (χ2n) is 9.02. The number of nitrogens with one attached hydrogen (secondary N) is 2. The van der Waals surface area contributed by atoms with Gasteiger partial charge in [-0.3, -0.25) is 9.69 Å². The molecule has 1 saturated carbocycles. The first kappa shape index (κ1) is 23.6. The Morgan fingerprint density at radius 3 is 2.94 bits per heavy atom. The zero-order valence-corrected chi connectivity index (χ0v) is 20.1. The molecule has 1 aliphatic heterocycles. The van der Waals surface area contributed by atoms with Crippen LogP contribution >= 0.6 is 11.3 Å². The van der Waals surface area contributed by atoms with Crippen LogP contribution in [0.25, 0.3) is 0 Å². The van der Waals surface area contributed by atoms with Gasteiger partial charge in [-0.15, -0.1) is 11.3 Å². The fourth-order valence-corrected chi connectivity index (χ4v) is 5.50. The molecule has 0 spiro atoms. The molecule has 8 nitrogen and oxygen atoms in total. The molecule has 3 heterocycles. The summed E-state index contributed by atoms with van der Waals surface area (Å²) in [5.74, 6) is 0.916. The molecule has 0 bridgehead atoms. The summed E-state index contributed by atoms with van der Waals surface area (Å²) < 4.78 is 0. The van der Waals surface area contributed by atoms with Crippen LogP contribution in [0.3, 0.4) is 0 Å². The van der Waals surface area contributed by atoms with Crippen molar-refractivity contribution in [2.45, 2.75) is 50.5 Å².